The van der Waals surface area contributed by atoms with Crippen LogP contribution in [0.5, 0.6) is 0 Å². The van der Waals surface area contributed by atoms with Crippen LogP contribution in [0.2, 0.25) is 0 Å². The second-order valence-electron chi connectivity index (χ2n) is 6.45. The first kappa shape index (κ1) is 18.0. The number of hydrogen-bond acceptors (Lipinski definition) is 1. The van der Waals surface area contributed by atoms with Crippen LogP contribution in [-0.4, -0.2) is 4.98 Å². The van der Waals surface area contributed by atoms with Crippen molar-refractivity contribution in [3.8, 4) is 33.5 Å². The average molecular weight is 375 g/mol. The second-order valence-corrected chi connectivity index (χ2v) is 6.45. The molecule has 0 atom stereocenters. The smallest absolute Gasteiger partial charge is 0.256 e. The molecular formula is C24H16F3N. The van der Waals surface area contributed by atoms with Crippen molar-refractivity contribution in [1.82, 2.24) is 4.98 Å². The van der Waals surface area contributed by atoms with Crippen molar-refractivity contribution in [3.63, 3.8) is 0 Å². The Hall–Kier alpha value is -3.40. The van der Waals surface area contributed by atoms with Crippen LogP contribution in [0.1, 0.15) is 5.56 Å². The molecule has 4 rings (SSSR count). The maximum atomic E-state index is 12.9. The third kappa shape index (κ3) is 3.81. The van der Waals surface area contributed by atoms with E-state index in [1.54, 1.807) is 12.3 Å². The lowest BCUT2D eigenvalue weighted by molar-refractivity contribution is -0.137. The zero-order valence-electron chi connectivity index (χ0n) is 14.8. The van der Waals surface area contributed by atoms with Crippen LogP contribution < -0.4 is 0 Å². The number of hydrogen-bond donors (Lipinski definition) is 0. The number of pyridine rings is 1. The summed E-state index contributed by atoms with van der Waals surface area (Å²) in [5.41, 5.74) is 4.64. The number of alkyl halides is 3. The highest BCUT2D eigenvalue weighted by molar-refractivity contribution is 5.72. The van der Waals surface area contributed by atoms with Crippen LogP contribution in [0.15, 0.2) is 97.2 Å². The molecule has 1 nitrogen and oxygen atoms in total. The fourth-order valence-electron chi connectivity index (χ4n) is 3.10. The van der Waals surface area contributed by atoms with Crippen molar-refractivity contribution in [1.29, 1.82) is 0 Å². The lowest BCUT2D eigenvalue weighted by atomic mass is 9.98. The zero-order valence-corrected chi connectivity index (χ0v) is 14.8. The Balaban J connectivity index is 1.59. The van der Waals surface area contributed by atoms with Crippen LogP contribution >= 0.6 is 0 Å². The predicted molar refractivity (Wildman–Crippen MR) is 106 cm³/mol. The fraction of sp³-hybridized carbons (Fsp3) is 0.0417. The van der Waals surface area contributed by atoms with E-state index in [9.17, 15) is 13.2 Å². The Morgan fingerprint density at radius 1 is 0.536 bits per heavy atom. The Morgan fingerprint density at radius 3 is 1.64 bits per heavy atom. The topological polar surface area (TPSA) is 12.9 Å². The van der Waals surface area contributed by atoms with Crippen LogP contribution in [0.25, 0.3) is 33.5 Å². The molecule has 0 saturated heterocycles. The molecule has 0 unspecified atom stereocenters. The van der Waals surface area contributed by atoms with Crippen molar-refractivity contribution in [2.75, 3.05) is 0 Å². The summed E-state index contributed by atoms with van der Waals surface area (Å²) in [6.07, 6.45) is -2.58. The third-order valence-corrected chi connectivity index (χ3v) is 4.59. The van der Waals surface area contributed by atoms with Crippen LogP contribution in [0.4, 0.5) is 13.2 Å². The molecule has 0 fully saturated rings. The molecule has 0 aliphatic carbocycles. The monoisotopic (exact) mass is 375 g/mol. The van der Waals surface area contributed by atoms with Crippen molar-refractivity contribution in [2.45, 2.75) is 6.18 Å². The molecule has 0 spiro atoms. The summed E-state index contributed by atoms with van der Waals surface area (Å²) in [6.45, 7) is 0. The van der Waals surface area contributed by atoms with E-state index in [-0.39, 0.29) is 0 Å². The van der Waals surface area contributed by atoms with Gasteiger partial charge in [0, 0.05) is 11.8 Å². The molecule has 0 aliphatic rings. The summed E-state index contributed by atoms with van der Waals surface area (Å²) >= 11 is 0. The fourth-order valence-corrected chi connectivity index (χ4v) is 3.10. The highest BCUT2D eigenvalue weighted by Crippen LogP contribution is 2.33. The summed E-state index contributed by atoms with van der Waals surface area (Å²) < 4.78 is 38.8. The molecule has 1 heterocycles. The Bertz CT molecular complexity index is 1070. The van der Waals surface area contributed by atoms with Crippen LogP contribution in [-0.2, 0) is 6.18 Å². The van der Waals surface area contributed by atoms with Gasteiger partial charge in [0.15, 0.2) is 0 Å². The molecule has 0 aliphatic heterocycles. The van der Waals surface area contributed by atoms with Gasteiger partial charge in [-0.3, -0.25) is 4.98 Å². The minimum atomic E-state index is -4.34. The Labute approximate surface area is 161 Å². The molecule has 138 valence electrons. The van der Waals surface area contributed by atoms with Crippen molar-refractivity contribution in [3.05, 3.63) is 103 Å². The van der Waals surface area contributed by atoms with Gasteiger partial charge in [0.05, 0.1) is 11.3 Å². The molecule has 3 aromatic carbocycles. The molecule has 28 heavy (non-hydrogen) atoms. The summed E-state index contributed by atoms with van der Waals surface area (Å²) in [4.78, 5) is 4.34. The van der Waals surface area contributed by atoms with E-state index in [0.717, 1.165) is 34.0 Å². The molecule has 4 heteroatoms. The molecule has 0 N–H and O–H groups in total. The Kier molecular flexibility index (Phi) is 4.70. The van der Waals surface area contributed by atoms with Gasteiger partial charge in [-0.25, -0.2) is 0 Å². The molecular weight excluding hydrogens is 359 g/mol. The maximum absolute atomic E-state index is 12.9. The van der Waals surface area contributed by atoms with Gasteiger partial charge in [0.25, 0.3) is 0 Å². The van der Waals surface area contributed by atoms with E-state index in [4.69, 9.17) is 0 Å². The highest BCUT2D eigenvalue weighted by atomic mass is 19.4. The van der Waals surface area contributed by atoms with E-state index in [1.165, 1.54) is 12.1 Å². The standard InChI is InChI=1S/C24H16F3N/c25-24(26,27)22-5-3-4-21(16-22)19-9-7-17(8-10-19)18-11-13-20(14-12-18)23-6-1-2-15-28-23/h1-16H. The molecule has 0 bridgehead atoms. The van der Waals surface area contributed by atoms with E-state index >= 15 is 0 Å². The lowest BCUT2D eigenvalue weighted by Gasteiger charge is -2.10. The van der Waals surface area contributed by atoms with E-state index in [1.807, 2.05) is 66.7 Å². The number of rotatable bonds is 3. The molecule has 4 aromatic rings. The van der Waals surface area contributed by atoms with Gasteiger partial charge in [-0.2, -0.15) is 13.2 Å². The normalized spacial score (nSPS) is 11.4. The first-order valence-corrected chi connectivity index (χ1v) is 8.80. The predicted octanol–water partition coefficient (Wildman–Crippen LogP) is 7.10. The van der Waals surface area contributed by atoms with Gasteiger partial charge >= 0.3 is 6.18 Å². The number of nitrogens with zero attached hydrogens (tertiary/aromatic N) is 1. The summed E-state index contributed by atoms with van der Waals surface area (Å²) in [7, 11) is 0. The summed E-state index contributed by atoms with van der Waals surface area (Å²) in [6, 6.07) is 26.8. The molecule has 0 amide bonds. The molecule has 0 radical (unpaired) electrons. The third-order valence-electron chi connectivity index (χ3n) is 4.59. The van der Waals surface area contributed by atoms with Gasteiger partial charge < -0.3 is 0 Å². The minimum Gasteiger partial charge on any atom is -0.256 e. The van der Waals surface area contributed by atoms with Crippen molar-refractivity contribution < 1.29 is 13.2 Å². The van der Waals surface area contributed by atoms with E-state index in [0.29, 0.717) is 5.56 Å². The van der Waals surface area contributed by atoms with Gasteiger partial charge in [-0.05, 0) is 46.5 Å². The maximum Gasteiger partial charge on any atom is 0.416 e. The number of halogens is 3. The number of aromatic nitrogens is 1. The quantitative estimate of drug-likeness (QED) is 0.372. The summed E-state index contributed by atoms with van der Waals surface area (Å²) in [5.74, 6) is 0. The minimum absolute atomic E-state index is 0.548. The van der Waals surface area contributed by atoms with Crippen molar-refractivity contribution >= 4 is 0 Å². The summed E-state index contributed by atoms with van der Waals surface area (Å²) in [5, 5.41) is 0. The van der Waals surface area contributed by atoms with Crippen LogP contribution in [0.3, 0.4) is 0 Å². The van der Waals surface area contributed by atoms with Crippen LogP contribution in [0, 0.1) is 0 Å². The van der Waals surface area contributed by atoms with Crippen molar-refractivity contribution in [2.24, 2.45) is 0 Å². The van der Waals surface area contributed by atoms with Gasteiger partial charge in [0.2, 0.25) is 0 Å². The zero-order chi connectivity index (χ0) is 19.6. The highest BCUT2D eigenvalue weighted by Gasteiger charge is 2.30. The number of benzene rings is 3. The molecule has 1 aromatic heterocycles. The van der Waals surface area contributed by atoms with Gasteiger partial charge in [0.1, 0.15) is 0 Å². The van der Waals surface area contributed by atoms with Gasteiger partial charge in [-0.15, -0.1) is 0 Å². The van der Waals surface area contributed by atoms with E-state index < -0.39 is 11.7 Å². The average Bonchev–Trinajstić information content (AvgIpc) is 2.74. The molecule has 0 saturated carbocycles. The second kappa shape index (κ2) is 7.31. The first-order valence-electron chi connectivity index (χ1n) is 8.80. The van der Waals surface area contributed by atoms with Gasteiger partial charge in [-0.1, -0.05) is 66.7 Å². The largest absolute Gasteiger partial charge is 0.416 e. The first-order chi connectivity index (χ1) is 13.5. The SMILES string of the molecule is FC(F)(F)c1cccc(-c2ccc(-c3ccc(-c4ccccn4)cc3)cc2)c1. The Morgan fingerprint density at radius 2 is 1.11 bits per heavy atom. The lowest BCUT2D eigenvalue weighted by Crippen LogP contribution is -2.04. The van der Waals surface area contributed by atoms with E-state index in [2.05, 4.69) is 4.98 Å².